The molecule has 2 aromatic carbocycles. The number of aromatic amines is 1. The summed E-state index contributed by atoms with van der Waals surface area (Å²) in [4.78, 5) is 14.5. The molecule has 0 bridgehead atoms. The van der Waals surface area contributed by atoms with Crippen LogP contribution in [-0.2, 0) is 0 Å². The van der Waals surface area contributed by atoms with E-state index in [1.54, 1.807) is 0 Å². The number of nitrogen functional groups attached to an aromatic ring is 1. The Balaban J connectivity index is 1.18. The van der Waals surface area contributed by atoms with Crippen LogP contribution in [0.3, 0.4) is 0 Å². The molecule has 3 aliphatic rings. The second kappa shape index (κ2) is 9.14. The van der Waals surface area contributed by atoms with Crippen LogP contribution in [0.25, 0.3) is 33.2 Å². The number of likely N-dealkylation sites (tertiary alicyclic amines) is 1. The van der Waals surface area contributed by atoms with Gasteiger partial charge in [-0.3, -0.25) is 5.10 Å². The van der Waals surface area contributed by atoms with E-state index in [4.69, 9.17) is 25.8 Å². The number of nitrogens with one attached hydrogen (secondary N) is 2. The summed E-state index contributed by atoms with van der Waals surface area (Å²) in [7, 11) is 0. The molecule has 9 nitrogen and oxygen atoms in total. The Labute approximate surface area is 237 Å². The molecule has 2 fully saturated rings. The maximum absolute atomic E-state index is 7.92. The van der Waals surface area contributed by atoms with Crippen LogP contribution in [0, 0.1) is 10.8 Å². The van der Waals surface area contributed by atoms with Crippen molar-refractivity contribution in [3.63, 3.8) is 0 Å². The fourth-order valence-electron chi connectivity index (χ4n) is 6.67. The minimum Gasteiger partial charge on any atom is -0.450 e. The highest BCUT2D eigenvalue weighted by Gasteiger charge is 2.47. The Bertz CT molecular complexity index is 1820. The van der Waals surface area contributed by atoms with Gasteiger partial charge in [0.15, 0.2) is 23.1 Å². The van der Waals surface area contributed by atoms with E-state index < -0.39 is 0 Å². The first-order valence-electron chi connectivity index (χ1n) is 14.1. The monoisotopic (exact) mass is 542 g/mol. The molecule has 5 aromatic rings. The lowest BCUT2D eigenvalue weighted by molar-refractivity contribution is -0.0575. The zero-order chi connectivity index (χ0) is 27.6. The maximum Gasteiger partial charge on any atom is 0.177 e. The molecule has 9 heteroatoms. The van der Waals surface area contributed by atoms with Crippen molar-refractivity contribution < 1.29 is 4.74 Å². The van der Waals surface area contributed by atoms with E-state index in [0.717, 1.165) is 57.9 Å². The fourth-order valence-corrected chi connectivity index (χ4v) is 6.67. The Morgan fingerprint density at radius 3 is 2.34 bits per heavy atom. The van der Waals surface area contributed by atoms with Gasteiger partial charge in [0, 0.05) is 72.6 Å². The van der Waals surface area contributed by atoms with Crippen molar-refractivity contribution in [1.29, 1.82) is 5.41 Å². The number of pyridine rings is 2. The van der Waals surface area contributed by atoms with E-state index in [9.17, 15) is 0 Å². The quantitative estimate of drug-likeness (QED) is 0.178. The largest absolute Gasteiger partial charge is 0.450 e. The zero-order valence-corrected chi connectivity index (χ0v) is 22.6. The summed E-state index contributed by atoms with van der Waals surface area (Å²) in [5.41, 5.74) is 12.7. The summed E-state index contributed by atoms with van der Waals surface area (Å²) >= 11 is 0. The highest BCUT2D eigenvalue weighted by molar-refractivity contribution is 5.96. The van der Waals surface area contributed by atoms with Gasteiger partial charge in [0.25, 0.3) is 0 Å². The molecule has 1 saturated heterocycles. The molecule has 0 amide bonds. The topological polar surface area (TPSA) is 120 Å². The molecular weight excluding hydrogens is 512 g/mol. The number of fused-ring (bicyclic) bond motifs is 3. The van der Waals surface area contributed by atoms with Crippen LogP contribution in [0.2, 0.25) is 0 Å². The molecule has 204 valence electrons. The second-order valence-electron chi connectivity index (χ2n) is 11.5. The maximum atomic E-state index is 7.92. The van der Waals surface area contributed by atoms with Crippen LogP contribution < -0.4 is 15.4 Å². The van der Waals surface area contributed by atoms with Crippen molar-refractivity contribution in [2.24, 2.45) is 5.41 Å². The molecule has 0 atom stereocenters. The summed E-state index contributed by atoms with van der Waals surface area (Å²) in [5, 5.41) is 16.2. The van der Waals surface area contributed by atoms with Gasteiger partial charge in [-0.25, -0.2) is 9.97 Å². The second-order valence-corrected chi connectivity index (χ2v) is 11.5. The van der Waals surface area contributed by atoms with Crippen LogP contribution in [0.5, 0.6) is 11.5 Å². The number of hydrogen-bond acceptors (Lipinski definition) is 8. The van der Waals surface area contributed by atoms with Gasteiger partial charge in [0.2, 0.25) is 0 Å². The van der Waals surface area contributed by atoms with Gasteiger partial charge >= 0.3 is 0 Å². The summed E-state index contributed by atoms with van der Waals surface area (Å²) in [5.74, 6) is 2.86. The lowest BCUT2D eigenvalue weighted by Crippen LogP contribution is -2.60. The molecule has 0 unspecified atom stereocenters. The summed E-state index contributed by atoms with van der Waals surface area (Å²) in [6.07, 6.45) is 11.0. The number of H-pyrrole nitrogens is 1. The minimum absolute atomic E-state index is 0.559. The summed E-state index contributed by atoms with van der Waals surface area (Å²) in [6.45, 7) is 4.08. The van der Waals surface area contributed by atoms with E-state index >= 15 is 0 Å². The predicted octanol–water partition coefficient (Wildman–Crippen LogP) is 6.00. The molecule has 1 aliphatic carbocycles. The molecule has 41 heavy (non-hydrogen) atoms. The number of benzene rings is 2. The van der Waals surface area contributed by atoms with Crippen LogP contribution in [0.15, 0.2) is 67.1 Å². The number of rotatable bonds is 6. The van der Waals surface area contributed by atoms with Gasteiger partial charge in [0.05, 0.1) is 11.7 Å². The molecule has 4 N–H and O–H groups in total. The third-order valence-electron chi connectivity index (χ3n) is 8.96. The van der Waals surface area contributed by atoms with Gasteiger partial charge in [-0.2, -0.15) is 5.10 Å². The highest BCUT2D eigenvalue weighted by Crippen LogP contribution is 2.49. The minimum atomic E-state index is 0.559. The first kappa shape index (κ1) is 24.1. The average Bonchev–Trinajstić information content (AvgIpc) is 3.43. The van der Waals surface area contributed by atoms with E-state index in [0.29, 0.717) is 28.2 Å². The smallest absolute Gasteiger partial charge is 0.177 e. The molecule has 3 aromatic heterocycles. The Morgan fingerprint density at radius 2 is 1.63 bits per heavy atom. The number of aromatic nitrogens is 4. The average molecular weight is 543 g/mol. The van der Waals surface area contributed by atoms with Crippen molar-refractivity contribution in [2.75, 3.05) is 36.8 Å². The molecule has 5 heterocycles. The van der Waals surface area contributed by atoms with Crippen molar-refractivity contribution in [2.45, 2.75) is 19.3 Å². The van der Waals surface area contributed by atoms with Crippen LogP contribution in [-0.4, -0.2) is 57.5 Å². The van der Waals surface area contributed by atoms with Crippen molar-refractivity contribution >= 4 is 34.4 Å². The summed E-state index contributed by atoms with van der Waals surface area (Å²) in [6, 6.07) is 15.8. The van der Waals surface area contributed by atoms with Gasteiger partial charge in [-0.1, -0.05) is 30.7 Å². The van der Waals surface area contributed by atoms with Crippen molar-refractivity contribution in [3.05, 3.63) is 72.7 Å². The van der Waals surface area contributed by atoms with Gasteiger partial charge in [-0.05, 0) is 53.6 Å². The molecule has 1 saturated carbocycles. The van der Waals surface area contributed by atoms with Crippen molar-refractivity contribution in [1.82, 2.24) is 25.1 Å². The number of ether oxygens (including phenoxy) is 1. The van der Waals surface area contributed by atoms with Crippen LogP contribution in [0.1, 0.15) is 24.8 Å². The highest BCUT2D eigenvalue weighted by atomic mass is 16.5. The third kappa shape index (κ3) is 3.88. The zero-order valence-electron chi connectivity index (χ0n) is 22.6. The summed E-state index contributed by atoms with van der Waals surface area (Å²) < 4.78 is 6.54. The SMILES string of the molecule is N=Cc1c(N)cccc1-c1cnc2c(c1)Oc1cc(-c3cccc4[nH]ncc34)cnc1N2CCN1CC2(CCC2)C1. The number of anilines is 3. The number of nitrogens with zero attached hydrogens (tertiary/aromatic N) is 5. The van der Waals surface area contributed by atoms with Gasteiger partial charge in [-0.15, -0.1) is 0 Å². The first-order valence-corrected chi connectivity index (χ1v) is 14.1. The van der Waals surface area contributed by atoms with Crippen LogP contribution >= 0.6 is 0 Å². The van der Waals surface area contributed by atoms with Gasteiger partial charge in [0.1, 0.15) is 0 Å². The number of hydrogen-bond donors (Lipinski definition) is 3. The van der Waals surface area contributed by atoms with E-state index in [2.05, 4.69) is 32.1 Å². The Kier molecular flexibility index (Phi) is 5.36. The van der Waals surface area contributed by atoms with E-state index in [-0.39, 0.29) is 0 Å². The normalized spacial score (nSPS) is 16.9. The molecule has 2 aliphatic heterocycles. The predicted molar refractivity (Wildman–Crippen MR) is 161 cm³/mol. The lowest BCUT2D eigenvalue weighted by atomic mass is 9.63. The molecule has 1 spiro atoms. The molecule has 0 radical (unpaired) electrons. The molecular formula is C32H30N8O. The fraction of sp³-hybridized carbons (Fsp3) is 0.250. The third-order valence-corrected chi connectivity index (χ3v) is 8.96. The first-order chi connectivity index (χ1) is 20.1. The number of nitrogens with two attached hydrogens (primary N) is 1. The standard InChI is InChI=1S/C32H30N8O/c33-14-24-22(4-1-6-26(24)34)20-12-28-30(35-15-20)40(11-10-39-18-32(19-39)8-3-9-32)31-29(41-28)13-21(16-36-31)23-5-2-7-27-25(23)17-37-38-27/h1-2,4-7,12-17,33H,3,8-11,18-19,34H2,(H,37,38). The van der Waals surface area contributed by atoms with Crippen molar-refractivity contribution in [3.8, 4) is 33.8 Å². The van der Waals surface area contributed by atoms with Gasteiger partial charge < -0.3 is 25.7 Å². The van der Waals surface area contributed by atoms with Crippen LogP contribution in [0.4, 0.5) is 17.3 Å². The Morgan fingerprint density at radius 1 is 0.927 bits per heavy atom. The van der Waals surface area contributed by atoms with E-state index in [1.165, 1.54) is 38.6 Å². The van der Waals surface area contributed by atoms with E-state index in [1.807, 2.05) is 55.0 Å². The lowest BCUT2D eigenvalue weighted by Gasteiger charge is -2.56. The molecule has 8 rings (SSSR count). The Hall–Kier alpha value is -4.76.